The van der Waals surface area contributed by atoms with Gasteiger partial charge in [-0.3, -0.25) is 4.79 Å². The molecule has 1 N–H and O–H groups in total. The fourth-order valence-electron chi connectivity index (χ4n) is 2.82. The van der Waals surface area contributed by atoms with E-state index in [1.807, 2.05) is 0 Å². The average molecular weight is 334 g/mol. The Morgan fingerprint density at radius 2 is 2.08 bits per heavy atom. The largest absolute Gasteiger partial charge is 0.481 e. The Morgan fingerprint density at radius 3 is 2.67 bits per heavy atom. The molecule has 1 amide bonds. The maximum absolute atomic E-state index is 14.5. The van der Waals surface area contributed by atoms with Gasteiger partial charge in [0.1, 0.15) is 0 Å². The summed E-state index contributed by atoms with van der Waals surface area (Å²) in [7, 11) is 1.47. The molecule has 2 heterocycles. The van der Waals surface area contributed by atoms with E-state index >= 15 is 0 Å². The Bertz CT molecular complexity index is 776. The number of carbonyl (C=O) groups is 1. The maximum atomic E-state index is 14.5. The third-order valence-corrected chi connectivity index (χ3v) is 3.99. The second kappa shape index (κ2) is 5.83. The van der Waals surface area contributed by atoms with Gasteiger partial charge in [0.2, 0.25) is 5.88 Å². The molecule has 0 spiro atoms. The summed E-state index contributed by atoms with van der Waals surface area (Å²) in [5.41, 5.74) is 0.335. The van der Waals surface area contributed by atoms with E-state index in [1.165, 1.54) is 32.4 Å². The van der Waals surface area contributed by atoms with Gasteiger partial charge in [-0.1, -0.05) is 18.2 Å². The van der Waals surface area contributed by atoms with E-state index in [1.54, 1.807) is 18.2 Å². The zero-order valence-corrected chi connectivity index (χ0v) is 13.2. The summed E-state index contributed by atoms with van der Waals surface area (Å²) in [5, 5.41) is 9.75. The Hall–Kier alpha value is -2.54. The summed E-state index contributed by atoms with van der Waals surface area (Å²) in [6.07, 6.45) is 0.377. The number of ether oxygens (including phenoxy) is 1. The number of anilines is 1. The number of alkyl halides is 2. The Balaban J connectivity index is 2.02. The molecule has 0 unspecified atom stereocenters. The number of rotatable bonds is 4. The molecule has 5 nitrogen and oxygen atoms in total. The predicted octanol–water partition coefficient (Wildman–Crippen LogP) is 2.78. The number of fused-ring (bicyclic) bond motifs is 1. The van der Waals surface area contributed by atoms with Crippen LogP contribution in [-0.2, 0) is 17.3 Å². The van der Waals surface area contributed by atoms with Crippen molar-refractivity contribution in [3.63, 3.8) is 0 Å². The average Bonchev–Trinajstić information content (AvgIpc) is 2.76. The molecule has 0 bridgehead atoms. The fourth-order valence-corrected chi connectivity index (χ4v) is 2.82. The van der Waals surface area contributed by atoms with Gasteiger partial charge in [0.25, 0.3) is 0 Å². The quantitative estimate of drug-likeness (QED) is 0.934. The topological polar surface area (TPSA) is 62.7 Å². The zero-order valence-electron chi connectivity index (χ0n) is 13.2. The summed E-state index contributed by atoms with van der Waals surface area (Å²) < 4.78 is 33.9. The van der Waals surface area contributed by atoms with Crippen molar-refractivity contribution in [1.29, 1.82) is 0 Å². The molecule has 0 aliphatic carbocycles. The number of aliphatic hydroxyl groups excluding tert-OH is 1. The molecule has 0 radical (unpaired) electrons. The van der Waals surface area contributed by atoms with E-state index in [-0.39, 0.29) is 17.8 Å². The van der Waals surface area contributed by atoms with Crippen molar-refractivity contribution in [2.75, 3.05) is 12.0 Å². The first-order valence-electron chi connectivity index (χ1n) is 7.36. The number of aromatic nitrogens is 1. The summed E-state index contributed by atoms with van der Waals surface area (Å²) in [4.78, 5) is 17.3. The van der Waals surface area contributed by atoms with Crippen LogP contribution in [0.4, 0.5) is 14.5 Å². The minimum atomic E-state index is -3.66. The molecule has 1 aliphatic heterocycles. The molecule has 24 heavy (non-hydrogen) atoms. The van der Waals surface area contributed by atoms with Crippen molar-refractivity contribution in [2.45, 2.75) is 25.5 Å². The first-order chi connectivity index (χ1) is 11.4. The molecular formula is C17H16F2N2O3. The van der Waals surface area contributed by atoms with Gasteiger partial charge in [-0.15, -0.1) is 0 Å². The number of hydrogen-bond donors (Lipinski definition) is 1. The molecule has 126 valence electrons. The van der Waals surface area contributed by atoms with Crippen molar-refractivity contribution in [3.8, 4) is 5.88 Å². The highest BCUT2D eigenvalue weighted by Gasteiger charge is 2.54. The number of amides is 1. The number of pyridine rings is 1. The number of hydrogen-bond acceptors (Lipinski definition) is 4. The monoisotopic (exact) mass is 334 g/mol. The zero-order chi connectivity index (χ0) is 17.5. The molecule has 3 rings (SSSR count). The third kappa shape index (κ3) is 2.50. The minimum absolute atomic E-state index is 0.0400. The molecule has 1 aromatic carbocycles. The van der Waals surface area contributed by atoms with Crippen molar-refractivity contribution in [3.05, 3.63) is 53.2 Å². The number of benzene rings is 1. The molecule has 0 fully saturated rings. The van der Waals surface area contributed by atoms with Gasteiger partial charge >= 0.3 is 11.8 Å². The van der Waals surface area contributed by atoms with Crippen molar-refractivity contribution >= 4 is 11.6 Å². The van der Waals surface area contributed by atoms with Crippen LogP contribution in [0, 0.1) is 0 Å². The number of halogens is 2. The molecule has 1 aromatic heterocycles. The molecule has 2 aromatic rings. The minimum Gasteiger partial charge on any atom is -0.481 e. The van der Waals surface area contributed by atoms with E-state index in [0.29, 0.717) is 11.4 Å². The summed E-state index contributed by atoms with van der Waals surface area (Å²) in [6.45, 7) is 1.36. The second-order valence-electron chi connectivity index (χ2n) is 5.59. The summed E-state index contributed by atoms with van der Waals surface area (Å²) >= 11 is 0. The highest BCUT2D eigenvalue weighted by molar-refractivity contribution is 6.06. The first kappa shape index (κ1) is 16.3. The first-order valence-corrected chi connectivity index (χ1v) is 7.36. The number of nitrogens with zero attached hydrogens (tertiary/aromatic N) is 2. The standard InChI is InChI=1S/C17H16F2N2O3/c1-10(22)12-4-3-5-13-15(12)17(18,19)16(23)21(13)9-11-6-7-14(24-2)20-8-11/h3-8,10,22H,9H2,1-2H3/t10-/m0/s1. The highest BCUT2D eigenvalue weighted by atomic mass is 19.3. The van der Waals surface area contributed by atoms with E-state index in [4.69, 9.17) is 4.74 Å². The van der Waals surface area contributed by atoms with Crippen LogP contribution < -0.4 is 9.64 Å². The molecule has 0 saturated carbocycles. The van der Waals surface area contributed by atoms with Gasteiger partial charge in [0.15, 0.2) is 0 Å². The van der Waals surface area contributed by atoms with E-state index in [9.17, 15) is 18.7 Å². The molecule has 1 atom stereocenters. The summed E-state index contributed by atoms with van der Waals surface area (Å²) in [5.74, 6) is -4.57. The van der Waals surface area contributed by atoms with Crippen LogP contribution in [0.1, 0.15) is 29.7 Å². The fraction of sp³-hybridized carbons (Fsp3) is 0.294. The predicted molar refractivity (Wildman–Crippen MR) is 82.9 cm³/mol. The van der Waals surface area contributed by atoms with E-state index in [0.717, 1.165) is 4.90 Å². The van der Waals surface area contributed by atoms with Crippen LogP contribution in [0.5, 0.6) is 5.88 Å². The van der Waals surface area contributed by atoms with Crippen LogP contribution in [0.15, 0.2) is 36.5 Å². The lowest BCUT2D eigenvalue weighted by atomic mass is 9.98. The lowest BCUT2D eigenvalue weighted by Gasteiger charge is -2.17. The number of carbonyl (C=O) groups excluding carboxylic acids is 1. The lowest BCUT2D eigenvalue weighted by Crippen LogP contribution is -2.34. The van der Waals surface area contributed by atoms with Crippen molar-refractivity contribution in [1.82, 2.24) is 4.98 Å². The van der Waals surface area contributed by atoms with Crippen LogP contribution in [0.3, 0.4) is 0 Å². The van der Waals surface area contributed by atoms with Crippen LogP contribution in [0.2, 0.25) is 0 Å². The number of aliphatic hydroxyl groups is 1. The van der Waals surface area contributed by atoms with Gasteiger partial charge in [0, 0.05) is 12.3 Å². The Kier molecular flexibility index (Phi) is 3.96. The molecule has 1 aliphatic rings. The molecule has 0 saturated heterocycles. The Morgan fingerprint density at radius 1 is 1.33 bits per heavy atom. The van der Waals surface area contributed by atoms with Gasteiger partial charge in [0.05, 0.1) is 31.0 Å². The lowest BCUT2D eigenvalue weighted by molar-refractivity contribution is -0.141. The SMILES string of the molecule is COc1ccc(CN2C(=O)C(F)(F)c3c([C@H](C)O)cccc32)cn1. The maximum Gasteiger partial charge on any atom is 0.352 e. The molecular weight excluding hydrogens is 318 g/mol. The van der Waals surface area contributed by atoms with Gasteiger partial charge < -0.3 is 14.7 Å². The highest BCUT2D eigenvalue weighted by Crippen LogP contribution is 2.47. The third-order valence-electron chi connectivity index (χ3n) is 3.99. The van der Waals surface area contributed by atoms with Gasteiger partial charge in [-0.05, 0) is 24.1 Å². The van der Waals surface area contributed by atoms with E-state index in [2.05, 4.69) is 4.98 Å². The van der Waals surface area contributed by atoms with Crippen LogP contribution in [0.25, 0.3) is 0 Å². The van der Waals surface area contributed by atoms with Crippen LogP contribution >= 0.6 is 0 Å². The van der Waals surface area contributed by atoms with Gasteiger partial charge in [-0.2, -0.15) is 8.78 Å². The van der Waals surface area contributed by atoms with Crippen molar-refractivity contribution < 1.29 is 23.4 Å². The Labute approximate surface area is 137 Å². The summed E-state index contributed by atoms with van der Waals surface area (Å²) in [6, 6.07) is 7.67. The smallest absolute Gasteiger partial charge is 0.352 e. The molecule has 7 heteroatoms. The normalized spacial score (nSPS) is 16.9. The van der Waals surface area contributed by atoms with Crippen molar-refractivity contribution in [2.24, 2.45) is 0 Å². The van der Waals surface area contributed by atoms with E-state index < -0.39 is 23.5 Å². The van der Waals surface area contributed by atoms with Gasteiger partial charge in [-0.25, -0.2) is 4.98 Å². The number of methoxy groups -OCH3 is 1. The van der Waals surface area contributed by atoms with Crippen LogP contribution in [-0.4, -0.2) is 23.1 Å². The second-order valence-corrected chi connectivity index (χ2v) is 5.59.